The van der Waals surface area contributed by atoms with E-state index in [9.17, 15) is 19.8 Å². The van der Waals surface area contributed by atoms with Crippen molar-refractivity contribution in [3.05, 3.63) is 101 Å². The van der Waals surface area contributed by atoms with Crippen LogP contribution in [0.2, 0.25) is 0 Å². The second-order valence-corrected chi connectivity index (χ2v) is 12.1. The lowest BCUT2D eigenvalue weighted by atomic mass is 9.91. The number of esters is 2. The first-order valence-corrected chi connectivity index (χ1v) is 16.4. The van der Waals surface area contributed by atoms with E-state index in [0.717, 1.165) is 45.6 Å². The molecule has 47 heavy (non-hydrogen) atoms. The number of hydrogen-bond acceptors (Lipinski definition) is 7. The van der Waals surface area contributed by atoms with Crippen LogP contribution in [0.25, 0.3) is 22.3 Å². The predicted octanol–water partition coefficient (Wildman–Crippen LogP) is 7.36. The molecule has 7 nitrogen and oxygen atoms in total. The van der Waals surface area contributed by atoms with E-state index >= 15 is 0 Å². The SMILES string of the molecule is C=C(C)C(=O)OCCCc1cc(-c2ccc(-c3ccc(CC)cc3)cc2C)cc(CCCOC(=O)C(=C)C)c1OCCC(CO)CO. The van der Waals surface area contributed by atoms with Crippen molar-refractivity contribution in [2.45, 2.75) is 66.2 Å². The summed E-state index contributed by atoms with van der Waals surface area (Å²) in [5.41, 5.74) is 9.52. The van der Waals surface area contributed by atoms with Gasteiger partial charge in [0.2, 0.25) is 0 Å². The summed E-state index contributed by atoms with van der Waals surface area (Å²) in [4.78, 5) is 24.0. The third-order valence-electron chi connectivity index (χ3n) is 8.11. The van der Waals surface area contributed by atoms with Crippen molar-refractivity contribution in [1.82, 2.24) is 0 Å². The Kier molecular flexibility index (Phi) is 14.9. The second kappa shape index (κ2) is 18.8. The van der Waals surface area contributed by atoms with Crippen LogP contribution in [0.15, 0.2) is 78.9 Å². The van der Waals surface area contributed by atoms with E-state index in [4.69, 9.17) is 14.2 Å². The lowest BCUT2D eigenvalue weighted by Gasteiger charge is -2.20. The predicted molar refractivity (Wildman–Crippen MR) is 187 cm³/mol. The highest BCUT2D eigenvalue weighted by atomic mass is 16.5. The molecule has 0 aromatic heterocycles. The van der Waals surface area contributed by atoms with Crippen molar-refractivity contribution >= 4 is 11.9 Å². The van der Waals surface area contributed by atoms with Crippen LogP contribution in [0.1, 0.15) is 62.3 Å². The quantitative estimate of drug-likeness (QED) is 0.0800. The molecule has 0 unspecified atom stereocenters. The minimum Gasteiger partial charge on any atom is -0.493 e. The van der Waals surface area contributed by atoms with Gasteiger partial charge in [0.1, 0.15) is 5.75 Å². The van der Waals surface area contributed by atoms with Gasteiger partial charge >= 0.3 is 11.9 Å². The van der Waals surface area contributed by atoms with E-state index < -0.39 is 11.9 Å². The molecule has 0 heterocycles. The standard InChI is InChI=1S/C40H50O7/c1-7-30-12-14-32(15-13-30)33-16-17-37(29(6)22-33)36-23-34(10-8-19-46-39(43)27(2)3)38(45-21-18-31(25-41)26-42)35(24-36)11-9-20-47-40(44)28(4)5/h12-17,22-24,31,41-42H,2,4,7-11,18-21,25-26H2,1,3,5-6H3. The van der Waals surface area contributed by atoms with E-state index in [1.54, 1.807) is 13.8 Å². The minimum absolute atomic E-state index is 0.126. The molecule has 3 aromatic rings. The fourth-order valence-electron chi connectivity index (χ4n) is 5.24. The molecule has 0 bridgehead atoms. The fourth-order valence-corrected chi connectivity index (χ4v) is 5.24. The summed E-state index contributed by atoms with van der Waals surface area (Å²) in [5, 5.41) is 19.2. The van der Waals surface area contributed by atoms with Crippen LogP contribution >= 0.6 is 0 Å². The number of hydrogen-bond donors (Lipinski definition) is 2. The molecule has 0 amide bonds. The van der Waals surface area contributed by atoms with E-state index in [-0.39, 0.29) is 32.3 Å². The van der Waals surface area contributed by atoms with E-state index in [2.05, 4.69) is 81.6 Å². The number of carbonyl (C=O) groups excluding carboxylic acids is 2. The van der Waals surface area contributed by atoms with Crippen molar-refractivity contribution in [1.29, 1.82) is 0 Å². The van der Waals surface area contributed by atoms with Crippen molar-refractivity contribution in [2.24, 2.45) is 5.92 Å². The van der Waals surface area contributed by atoms with Crippen LogP contribution in [0.4, 0.5) is 0 Å². The third-order valence-corrected chi connectivity index (χ3v) is 8.11. The first-order valence-electron chi connectivity index (χ1n) is 16.4. The summed E-state index contributed by atoms with van der Waals surface area (Å²) in [5.74, 6) is -0.381. The average Bonchev–Trinajstić information content (AvgIpc) is 3.07. The van der Waals surface area contributed by atoms with Crippen LogP contribution < -0.4 is 4.74 Å². The van der Waals surface area contributed by atoms with Crippen LogP contribution in [0, 0.1) is 12.8 Å². The van der Waals surface area contributed by atoms with Gasteiger partial charge in [-0.1, -0.05) is 62.5 Å². The molecule has 0 saturated carbocycles. The van der Waals surface area contributed by atoms with Crippen LogP contribution in [0.3, 0.4) is 0 Å². The van der Waals surface area contributed by atoms with Gasteiger partial charge in [0.05, 0.1) is 19.8 Å². The Morgan fingerprint density at radius 3 is 1.74 bits per heavy atom. The van der Waals surface area contributed by atoms with Gasteiger partial charge in [-0.05, 0) is 116 Å². The van der Waals surface area contributed by atoms with E-state index in [0.29, 0.717) is 49.9 Å². The molecule has 0 radical (unpaired) electrons. The Morgan fingerprint density at radius 1 is 0.745 bits per heavy atom. The molecule has 0 aliphatic rings. The number of carbonyl (C=O) groups is 2. The molecule has 0 aliphatic heterocycles. The summed E-state index contributed by atoms with van der Waals surface area (Å²) in [7, 11) is 0. The third kappa shape index (κ3) is 11.2. The molecule has 0 fully saturated rings. The average molecular weight is 643 g/mol. The van der Waals surface area contributed by atoms with Gasteiger partial charge in [-0.2, -0.15) is 0 Å². The molecule has 7 heteroatoms. The Morgan fingerprint density at radius 2 is 1.28 bits per heavy atom. The van der Waals surface area contributed by atoms with Gasteiger partial charge in [-0.3, -0.25) is 0 Å². The van der Waals surface area contributed by atoms with Gasteiger partial charge < -0.3 is 24.4 Å². The lowest BCUT2D eigenvalue weighted by molar-refractivity contribution is -0.139. The zero-order valence-electron chi connectivity index (χ0n) is 28.4. The molecule has 0 aliphatic carbocycles. The first kappa shape index (κ1) is 37.3. The van der Waals surface area contributed by atoms with Crippen molar-refractivity contribution < 1.29 is 34.0 Å². The maximum absolute atomic E-state index is 12.0. The Labute approximate surface area is 279 Å². The normalized spacial score (nSPS) is 11.0. The second-order valence-electron chi connectivity index (χ2n) is 12.1. The maximum atomic E-state index is 12.0. The van der Waals surface area contributed by atoms with Crippen LogP contribution in [0.5, 0.6) is 5.75 Å². The molecule has 3 aromatic carbocycles. The van der Waals surface area contributed by atoms with E-state index in [1.165, 1.54) is 11.1 Å². The molecule has 252 valence electrons. The highest BCUT2D eigenvalue weighted by molar-refractivity contribution is 5.87. The van der Waals surface area contributed by atoms with Gasteiger partial charge in [0.15, 0.2) is 0 Å². The number of aliphatic hydroxyl groups excluding tert-OH is 2. The Hall–Kier alpha value is -4.20. The van der Waals surface area contributed by atoms with Crippen LogP contribution in [-0.4, -0.2) is 55.2 Å². The lowest BCUT2D eigenvalue weighted by Crippen LogP contribution is -2.16. The molecular formula is C40H50O7. The van der Waals surface area contributed by atoms with Crippen molar-refractivity contribution in [2.75, 3.05) is 33.0 Å². The number of rotatable bonds is 19. The van der Waals surface area contributed by atoms with Crippen molar-refractivity contribution in [3.8, 4) is 28.0 Å². The number of ether oxygens (including phenoxy) is 3. The summed E-state index contributed by atoms with van der Waals surface area (Å²) in [6.07, 6.45) is 3.83. The summed E-state index contributed by atoms with van der Waals surface area (Å²) in [6.45, 7) is 15.4. The molecule has 0 saturated heterocycles. The smallest absolute Gasteiger partial charge is 0.333 e. The Bertz CT molecular complexity index is 1460. The van der Waals surface area contributed by atoms with E-state index in [1.807, 2.05) is 0 Å². The fraction of sp³-hybridized carbons (Fsp3) is 0.400. The number of aryl methyl sites for hydroxylation is 4. The topological polar surface area (TPSA) is 102 Å². The van der Waals surface area contributed by atoms with Gasteiger partial charge in [-0.15, -0.1) is 0 Å². The van der Waals surface area contributed by atoms with Crippen molar-refractivity contribution in [3.63, 3.8) is 0 Å². The highest BCUT2D eigenvalue weighted by Gasteiger charge is 2.17. The first-order chi connectivity index (χ1) is 22.6. The summed E-state index contributed by atoms with van der Waals surface area (Å²) >= 11 is 0. The number of aliphatic hydroxyl groups is 2. The van der Waals surface area contributed by atoms with Gasteiger partial charge in [-0.25, -0.2) is 9.59 Å². The van der Waals surface area contributed by atoms with Crippen LogP contribution in [-0.2, 0) is 38.3 Å². The molecule has 3 rings (SSSR count). The summed E-state index contributed by atoms with van der Waals surface area (Å²) in [6, 6.07) is 19.4. The molecule has 0 spiro atoms. The largest absolute Gasteiger partial charge is 0.493 e. The maximum Gasteiger partial charge on any atom is 0.333 e. The highest BCUT2D eigenvalue weighted by Crippen LogP contribution is 2.36. The summed E-state index contributed by atoms with van der Waals surface area (Å²) < 4.78 is 17.1. The molecular weight excluding hydrogens is 592 g/mol. The zero-order valence-corrected chi connectivity index (χ0v) is 28.4. The zero-order chi connectivity index (χ0) is 34.3. The number of benzene rings is 3. The molecule has 0 atom stereocenters. The molecule has 2 N–H and O–H groups in total. The monoisotopic (exact) mass is 642 g/mol. The minimum atomic E-state index is -0.417. The van der Waals surface area contributed by atoms with Gasteiger partial charge in [0.25, 0.3) is 0 Å². The van der Waals surface area contributed by atoms with Gasteiger partial charge in [0, 0.05) is 30.3 Å². The Balaban J connectivity index is 1.99.